The molecule has 0 aliphatic carbocycles. The molecule has 1 amide bonds. The summed E-state index contributed by atoms with van der Waals surface area (Å²) < 4.78 is 15.2. The number of fused-ring (bicyclic) bond motifs is 1. The summed E-state index contributed by atoms with van der Waals surface area (Å²) in [5.74, 6) is -0.724. The van der Waals surface area contributed by atoms with Crippen LogP contribution >= 0.6 is 0 Å². The van der Waals surface area contributed by atoms with E-state index < -0.39 is 17.4 Å². The van der Waals surface area contributed by atoms with Crippen LogP contribution in [0.2, 0.25) is 0 Å². The van der Waals surface area contributed by atoms with E-state index in [2.05, 4.69) is 10.4 Å². The third kappa shape index (κ3) is 2.90. The Morgan fingerprint density at radius 3 is 2.62 bits per heavy atom. The number of carbonyl (C=O) groups excluding carboxylic acids is 1. The zero-order valence-electron chi connectivity index (χ0n) is 13.9. The van der Waals surface area contributed by atoms with Crippen molar-refractivity contribution in [3.05, 3.63) is 82.4 Å². The Kier molecular flexibility index (Phi) is 4.08. The van der Waals surface area contributed by atoms with Crippen molar-refractivity contribution in [2.75, 3.05) is 5.32 Å². The minimum atomic E-state index is -0.748. The number of rotatable bonds is 2. The molecule has 2 aromatic carbocycles. The second kappa shape index (κ2) is 6.55. The topological polar surface area (TPSA) is 64.0 Å². The predicted octanol–water partition coefficient (Wildman–Crippen LogP) is 3.18. The molecule has 0 fully saturated rings. The van der Waals surface area contributed by atoms with Crippen LogP contribution in [0.15, 0.2) is 65.5 Å². The Morgan fingerprint density at radius 1 is 1.00 bits per heavy atom. The van der Waals surface area contributed by atoms with Gasteiger partial charge in [0.1, 0.15) is 11.9 Å². The summed E-state index contributed by atoms with van der Waals surface area (Å²) in [6.45, 7) is 0. The number of carbonyl (C=O) groups is 1. The first kappa shape index (κ1) is 16.2. The lowest BCUT2D eigenvalue weighted by Crippen LogP contribution is -2.34. The van der Waals surface area contributed by atoms with E-state index in [0.717, 1.165) is 15.9 Å². The monoisotopic (exact) mass is 349 g/mol. The molecule has 4 rings (SSSR count). The summed E-state index contributed by atoms with van der Waals surface area (Å²) in [5.41, 5.74) is 1.98. The van der Waals surface area contributed by atoms with E-state index in [1.807, 2.05) is 24.3 Å². The van der Waals surface area contributed by atoms with Crippen LogP contribution in [0.25, 0.3) is 11.3 Å². The van der Waals surface area contributed by atoms with Gasteiger partial charge in [0.15, 0.2) is 0 Å². The zero-order valence-corrected chi connectivity index (χ0v) is 13.9. The Balaban J connectivity index is 1.74. The SMILES string of the molecule is O=C1Nc2ccccc2CCC1n1nc(-c2ccccc2F)ccc1=O. The van der Waals surface area contributed by atoms with E-state index in [0.29, 0.717) is 24.1 Å². The van der Waals surface area contributed by atoms with Crippen LogP contribution in [0.5, 0.6) is 0 Å². The molecule has 6 heteroatoms. The van der Waals surface area contributed by atoms with Gasteiger partial charge in [-0.2, -0.15) is 5.10 Å². The quantitative estimate of drug-likeness (QED) is 0.773. The number of para-hydroxylation sites is 1. The minimum absolute atomic E-state index is 0.290. The molecule has 1 aliphatic heterocycles. The van der Waals surface area contributed by atoms with Gasteiger partial charge >= 0.3 is 0 Å². The van der Waals surface area contributed by atoms with Crippen molar-refractivity contribution < 1.29 is 9.18 Å². The van der Waals surface area contributed by atoms with E-state index in [1.165, 1.54) is 18.2 Å². The molecular weight excluding hydrogens is 333 g/mol. The van der Waals surface area contributed by atoms with Crippen molar-refractivity contribution in [3.63, 3.8) is 0 Å². The molecule has 0 spiro atoms. The highest BCUT2D eigenvalue weighted by Crippen LogP contribution is 2.26. The highest BCUT2D eigenvalue weighted by molar-refractivity contribution is 5.95. The van der Waals surface area contributed by atoms with Crippen LogP contribution in [0.4, 0.5) is 10.1 Å². The van der Waals surface area contributed by atoms with Gasteiger partial charge in [-0.05, 0) is 42.7 Å². The maximum atomic E-state index is 14.1. The van der Waals surface area contributed by atoms with Crippen molar-refractivity contribution in [2.24, 2.45) is 0 Å². The lowest BCUT2D eigenvalue weighted by Gasteiger charge is -2.16. The number of amides is 1. The summed E-state index contributed by atoms with van der Waals surface area (Å²) in [6.07, 6.45) is 1.08. The minimum Gasteiger partial charge on any atom is -0.324 e. The summed E-state index contributed by atoms with van der Waals surface area (Å²) in [5, 5.41) is 7.14. The van der Waals surface area contributed by atoms with Gasteiger partial charge in [0.05, 0.1) is 5.69 Å². The molecule has 2 heterocycles. The number of hydrogen-bond donors (Lipinski definition) is 1. The Labute approximate surface area is 149 Å². The van der Waals surface area contributed by atoms with E-state index in [-0.39, 0.29) is 5.91 Å². The van der Waals surface area contributed by atoms with Crippen molar-refractivity contribution in [3.8, 4) is 11.3 Å². The van der Waals surface area contributed by atoms with Crippen LogP contribution in [0.3, 0.4) is 0 Å². The first-order valence-corrected chi connectivity index (χ1v) is 8.37. The maximum absolute atomic E-state index is 14.1. The van der Waals surface area contributed by atoms with Gasteiger partial charge in [-0.25, -0.2) is 9.07 Å². The lowest BCUT2D eigenvalue weighted by atomic mass is 10.1. The second-order valence-corrected chi connectivity index (χ2v) is 6.18. The number of benzene rings is 2. The van der Waals surface area contributed by atoms with Crippen LogP contribution in [-0.2, 0) is 11.2 Å². The zero-order chi connectivity index (χ0) is 18.1. The molecule has 0 radical (unpaired) electrons. The molecule has 1 atom stereocenters. The van der Waals surface area contributed by atoms with Crippen molar-refractivity contribution >= 4 is 11.6 Å². The van der Waals surface area contributed by atoms with E-state index >= 15 is 0 Å². The number of halogens is 1. The predicted molar refractivity (Wildman–Crippen MR) is 96.3 cm³/mol. The Morgan fingerprint density at radius 2 is 1.77 bits per heavy atom. The number of anilines is 1. The van der Waals surface area contributed by atoms with E-state index in [9.17, 15) is 14.0 Å². The lowest BCUT2D eigenvalue weighted by molar-refractivity contribution is -0.119. The molecule has 26 heavy (non-hydrogen) atoms. The fraction of sp³-hybridized carbons (Fsp3) is 0.150. The van der Waals surface area contributed by atoms with E-state index in [1.54, 1.807) is 18.2 Å². The standard InChI is InChI=1S/C20H16FN3O2/c21-15-7-3-2-6-14(15)17-10-12-19(25)24(23-17)18-11-9-13-5-1-4-8-16(13)22-20(18)26/h1-8,10,12,18H,9,11H2,(H,22,26). The molecule has 1 unspecified atom stereocenters. The maximum Gasteiger partial charge on any atom is 0.267 e. The van der Waals surface area contributed by atoms with Gasteiger partial charge in [0.25, 0.3) is 5.56 Å². The summed E-state index contributed by atoms with van der Waals surface area (Å²) in [7, 11) is 0. The van der Waals surface area contributed by atoms with Crippen LogP contribution < -0.4 is 10.9 Å². The largest absolute Gasteiger partial charge is 0.324 e. The first-order valence-electron chi connectivity index (χ1n) is 8.37. The molecule has 1 aromatic heterocycles. The molecule has 0 saturated heterocycles. The third-order valence-corrected chi connectivity index (χ3v) is 4.54. The molecule has 3 aromatic rings. The summed E-state index contributed by atoms with van der Waals surface area (Å²) in [4.78, 5) is 25.0. The molecule has 5 nitrogen and oxygen atoms in total. The normalized spacial score (nSPS) is 16.5. The van der Waals surface area contributed by atoms with Gasteiger partial charge in [-0.1, -0.05) is 30.3 Å². The molecule has 1 aliphatic rings. The molecule has 1 N–H and O–H groups in total. The first-order chi connectivity index (χ1) is 12.6. The van der Waals surface area contributed by atoms with Gasteiger partial charge in [0.2, 0.25) is 5.91 Å². The molecular formula is C20H16FN3O2. The Bertz CT molecular complexity index is 1040. The van der Waals surface area contributed by atoms with Crippen molar-refractivity contribution in [2.45, 2.75) is 18.9 Å². The van der Waals surface area contributed by atoms with E-state index in [4.69, 9.17) is 0 Å². The average molecular weight is 349 g/mol. The number of aryl methyl sites for hydroxylation is 1. The fourth-order valence-corrected chi connectivity index (χ4v) is 3.19. The second-order valence-electron chi connectivity index (χ2n) is 6.18. The smallest absolute Gasteiger partial charge is 0.267 e. The highest BCUT2D eigenvalue weighted by atomic mass is 19.1. The molecule has 130 valence electrons. The third-order valence-electron chi connectivity index (χ3n) is 4.54. The molecule has 0 bridgehead atoms. The van der Waals surface area contributed by atoms with Crippen molar-refractivity contribution in [1.82, 2.24) is 9.78 Å². The number of nitrogens with one attached hydrogen (secondary N) is 1. The fourth-order valence-electron chi connectivity index (χ4n) is 3.19. The van der Waals surface area contributed by atoms with Crippen LogP contribution in [-0.4, -0.2) is 15.7 Å². The highest BCUT2D eigenvalue weighted by Gasteiger charge is 2.27. The summed E-state index contributed by atoms with van der Waals surface area (Å²) >= 11 is 0. The van der Waals surface area contributed by atoms with Gasteiger partial charge in [-0.3, -0.25) is 9.59 Å². The van der Waals surface area contributed by atoms with Crippen LogP contribution in [0, 0.1) is 5.82 Å². The number of hydrogen-bond acceptors (Lipinski definition) is 3. The molecule has 0 saturated carbocycles. The van der Waals surface area contributed by atoms with Crippen LogP contribution in [0.1, 0.15) is 18.0 Å². The Hall–Kier alpha value is -3.28. The summed E-state index contributed by atoms with van der Waals surface area (Å²) in [6, 6.07) is 15.8. The van der Waals surface area contributed by atoms with Crippen molar-refractivity contribution in [1.29, 1.82) is 0 Å². The van der Waals surface area contributed by atoms with Gasteiger partial charge in [0, 0.05) is 17.3 Å². The average Bonchev–Trinajstić information content (AvgIpc) is 2.81. The van der Waals surface area contributed by atoms with Gasteiger partial charge in [-0.15, -0.1) is 0 Å². The number of aromatic nitrogens is 2. The van der Waals surface area contributed by atoms with Gasteiger partial charge < -0.3 is 5.32 Å². The number of nitrogens with zero attached hydrogens (tertiary/aromatic N) is 2.